The fourth-order valence-corrected chi connectivity index (χ4v) is 2.10. The Morgan fingerprint density at radius 1 is 1.19 bits per heavy atom. The summed E-state index contributed by atoms with van der Waals surface area (Å²) in [5.41, 5.74) is 1.15. The van der Waals surface area contributed by atoms with Crippen LogP contribution in [-0.2, 0) is 6.54 Å². The third-order valence-corrected chi connectivity index (χ3v) is 3.50. The summed E-state index contributed by atoms with van der Waals surface area (Å²) < 4.78 is 0. The highest BCUT2D eigenvalue weighted by molar-refractivity contribution is 5.85. The molecular weight excluding hydrogens is 264 g/mol. The Balaban J connectivity index is 2.69. The number of carbonyl (C=O) groups is 1. The van der Waals surface area contributed by atoms with E-state index in [9.17, 15) is 4.79 Å². The fraction of sp³-hybridized carbons (Fsp3) is 0.647. The highest BCUT2D eigenvalue weighted by Gasteiger charge is 2.10. The van der Waals surface area contributed by atoms with E-state index in [-0.39, 0.29) is 5.69 Å². The van der Waals surface area contributed by atoms with Gasteiger partial charge in [0.1, 0.15) is 5.69 Å². The number of aromatic carboxylic acids is 1. The number of carboxylic acids is 1. The third-order valence-electron chi connectivity index (χ3n) is 3.50. The van der Waals surface area contributed by atoms with Crippen LogP contribution in [0, 0.1) is 11.8 Å². The molecule has 1 aromatic heterocycles. The smallest absolute Gasteiger partial charge is 0.354 e. The molecule has 0 saturated heterocycles. The van der Waals surface area contributed by atoms with Gasteiger partial charge in [-0.15, -0.1) is 0 Å². The van der Waals surface area contributed by atoms with Crippen LogP contribution < -0.4 is 0 Å². The monoisotopic (exact) mass is 292 g/mol. The van der Waals surface area contributed by atoms with Crippen LogP contribution in [0.1, 0.15) is 56.6 Å². The van der Waals surface area contributed by atoms with E-state index in [4.69, 9.17) is 5.11 Å². The van der Waals surface area contributed by atoms with Gasteiger partial charge in [-0.25, -0.2) is 9.78 Å². The van der Waals surface area contributed by atoms with Gasteiger partial charge in [-0.05, 0) is 55.5 Å². The first kappa shape index (κ1) is 17.6. The number of pyridine rings is 1. The van der Waals surface area contributed by atoms with Crippen molar-refractivity contribution in [3.63, 3.8) is 0 Å². The van der Waals surface area contributed by atoms with E-state index in [2.05, 4.69) is 37.6 Å². The van der Waals surface area contributed by atoms with Gasteiger partial charge in [0.15, 0.2) is 0 Å². The molecule has 0 spiro atoms. The second-order valence-electron chi connectivity index (χ2n) is 6.50. The van der Waals surface area contributed by atoms with E-state index >= 15 is 0 Å². The largest absolute Gasteiger partial charge is 0.477 e. The second kappa shape index (κ2) is 8.78. The molecule has 1 heterocycles. The molecule has 0 aromatic carbocycles. The molecule has 0 radical (unpaired) electrons. The van der Waals surface area contributed by atoms with E-state index in [0.29, 0.717) is 11.8 Å². The fourth-order valence-electron chi connectivity index (χ4n) is 2.10. The van der Waals surface area contributed by atoms with Crippen LogP contribution >= 0.6 is 0 Å². The van der Waals surface area contributed by atoms with Gasteiger partial charge in [-0.3, -0.25) is 4.90 Å². The van der Waals surface area contributed by atoms with E-state index in [0.717, 1.165) is 38.0 Å². The molecule has 0 unspecified atom stereocenters. The lowest BCUT2D eigenvalue weighted by Crippen LogP contribution is -2.27. The van der Waals surface area contributed by atoms with Crippen LogP contribution in [0.4, 0.5) is 0 Å². The van der Waals surface area contributed by atoms with Crippen molar-refractivity contribution in [3.05, 3.63) is 29.6 Å². The minimum Gasteiger partial charge on any atom is -0.477 e. The van der Waals surface area contributed by atoms with Gasteiger partial charge < -0.3 is 5.11 Å². The first-order valence-electron chi connectivity index (χ1n) is 7.79. The normalized spacial score (nSPS) is 11.6. The van der Waals surface area contributed by atoms with Crippen LogP contribution in [0.3, 0.4) is 0 Å². The van der Waals surface area contributed by atoms with Crippen molar-refractivity contribution < 1.29 is 9.90 Å². The van der Waals surface area contributed by atoms with Gasteiger partial charge in [0.25, 0.3) is 0 Å². The van der Waals surface area contributed by atoms with Gasteiger partial charge in [0.2, 0.25) is 0 Å². The molecule has 1 N–H and O–H groups in total. The Bertz CT molecular complexity index is 432. The van der Waals surface area contributed by atoms with Gasteiger partial charge in [0.05, 0.1) is 0 Å². The van der Waals surface area contributed by atoms with Gasteiger partial charge in [-0.1, -0.05) is 27.7 Å². The van der Waals surface area contributed by atoms with Crippen LogP contribution in [-0.4, -0.2) is 34.0 Å². The zero-order valence-electron chi connectivity index (χ0n) is 13.7. The van der Waals surface area contributed by atoms with Gasteiger partial charge in [-0.2, -0.15) is 0 Å². The van der Waals surface area contributed by atoms with Crippen molar-refractivity contribution in [1.82, 2.24) is 9.88 Å². The average molecular weight is 292 g/mol. The lowest BCUT2D eigenvalue weighted by atomic mass is 10.1. The molecule has 0 aliphatic rings. The summed E-state index contributed by atoms with van der Waals surface area (Å²) in [5, 5.41) is 9.02. The first-order chi connectivity index (χ1) is 9.88. The molecule has 0 aliphatic heterocycles. The minimum atomic E-state index is -0.965. The standard InChI is InChI=1S/C17H28N2O2/c1-13(2)6-9-19(10-7-14(3)4)12-15-5-8-18-16(11-15)17(20)21/h5,8,11,13-14H,6-7,9-10,12H2,1-4H3,(H,20,21). The molecule has 4 nitrogen and oxygen atoms in total. The molecule has 0 saturated carbocycles. The van der Waals surface area contributed by atoms with E-state index in [1.54, 1.807) is 12.3 Å². The molecule has 4 heteroatoms. The van der Waals surface area contributed by atoms with Crippen molar-refractivity contribution in [2.24, 2.45) is 11.8 Å². The molecule has 0 amide bonds. The number of carboxylic acid groups (broad SMARTS) is 1. The quantitative estimate of drug-likeness (QED) is 0.754. The Kier molecular flexibility index (Phi) is 7.37. The summed E-state index contributed by atoms with van der Waals surface area (Å²) in [7, 11) is 0. The Labute approximate surface area is 128 Å². The SMILES string of the molecule is CC(C)CCN(CCC(C)C)Cc1ccnc(C(=O)O)c1. The molecule has 1 aromatic rings. The van der Waals surface area contributed by atoms with E-state index in [1.807, 2.05) is 6.07 Å². The second-order valence-corrected chi connectivity index (χ2v) is 6.50. The zero-order valence-corrected chi connectivity index (χ0v) is 13.7. The van der Waals surface area contributed by atoms with E-state index < -0.39 is 5.97 Å². The Morgan fingerprint density at radius 3 is 2.24 bits per heavy atom. The van der Waals surface area contributed by atoms with Crippen LogP contribution in [0.25, 0.3) is 0 Å². The lowest BCUT2D eigenvalue weighted by Gasteiger charge is -2.24. The molecule has 0 atom stereocenters. The summed E-state index contributed by atoms with van der Waals surface area (Å²) in [6.45, 7) is 11.8. The Hall–Kier alpha value is -1.42. The van der Waals surface area contributed by atoms with Crippen LogP contribution in [0.2, 0.25) is 0 Å². The summed E-state index contributed by atoms with van der Waals surface area (Å²) in [4.78, 5) is 17.3. The van der Waals surface area contributed by atoms with Crippen molar-refractivity contribution in [2.45, 2.75) is 47.1 Å². The minimum absolute atomic E-state index is 0.125. The zero-order chi connectivity index (χ0) is 15.8. The van der Waals surface area contributed by atoms with Crippen LogP contribution in [0.5, 0.6) is 0 Å². The predicted molar refractivity (Wildman–Crippen MR) is 85.4 cm³/mol. The maximum absolute atomic E-state index is 11.0. The molecule has 0 fully saturated rings. The van der Waals surface area contributed by atoms with Crippen LogP contribution in [0.15, 0.2) is 18.3 Å². The molecule has 1 rings (SSSR count). The third kappa shape index (κ3) is 7.23. The lowest BCUT2D eigenvalue weighted by molar-refractivity contribution is 0.0690. The molecule has 0 aliphatic carbocycles. The van der Waals surface area contributed by atoms with Crippen molar-refractivity contribution in [1.29, 1.82) is 0 Å². The molecule has 118 valence electrons. The number of hydrogen-bond donors (Lipinski definition) is 1. The Morgan fingerprint density at radius 2 is 1.76 bits per heavy atom. The molecule has 21 heavy (non-hydrogen) atoms. The van der Waals surface area contributed by atoms with Gasteiger partial charge >= 0.3 is 5.97 Å². The highest BCUT2D eigenvalue weighted by atomic mass is 16.4. The van der Waals surface area contributed by atoms with Crippen molar-refractivity contribution >= 4 is 5.97 Å². The summed E-state index contributed by atoms with van der Waals surface area (Å²) >= 11 is 0. The number of aromatic nitrogens is 1. The predicted octanol–water partition coefficient (Wildman–Crippen LogP) is 3.67. The molecule has 0 bridgehead atoms. The number of nitrogens with zero attached hydrogens (tertiary/aromatic N) is 2. The summed E-state index contributed by atoms with van der Waals surface area (Å²) in [5.74, 6) is 0.393. The van der Waals surface area contributed by atoms with Crippen molar-refractivity contribution in [3.8, 4) is 0 Å². The summed E-state index contributed by atoms with van der Waals surface area (Å²) in [6, 6.07) is 3.59. The van der Waals surface area contributed by atoms with Crippen molar-refractivity contribution in [2.75, 3.05) is 13.1 Å². The van der Waals surface area contributed by atoms with E-state index in [1.165, 1.54) is 0 Å². The molecular formula is C17H28N2O2. The summed E-state index contributed by atoms with van der Waals surface area (Å²) in [6.07, 6.45) is 3.91. The first-order valence-corrected chi connectivity index (χ1v) is 7.79. The highest BCUT2D eigenvalue weighted by Crippen LogP contribution is 2.11. The maximum Gasteiger partial charge on any atom is 0.354 e. The van der Waals surface area contributed by atoms with Gasteiger partial charge in [0, 0.05) is 12.7 Å². The number of rotatable bonds is 9. The average Bonchev–Trinajstić information content (AvgIpc) is 2.41. The maximum atomic E-state index is 11.0. The number of hydrogen-bond acceptors (Lipinski definition) is 3. The topological polar surface area (TPSA) is 53.4 Å².